The van der Waals surface area contributed by atoms with E-state index in [2.05, 4.69) is 32.9 Å². The molecule has 1 N–H and O–H groups in total. The smallest absolute Gasteiger partial charge is 0.255 e. The Kier molecular flexibility index (Phi) is 4.81. The molecule has 1 aromatic heterocycles. The Morgan fingerprint density at radius 2 is 1.89 bits per heavy atom. The van der Waals surface area contributed by atoms with Gasteiger partial charge in [0.05, 0.1) is 7.11 Å². The number of oxazole rings is 1. The van der Waals surface area contributed by atoms with E-state index in [1.165, 1.54) is 0 Å². The average molecular weight is 470 g/mol. The number of rotatable bonds is 4. The minimum absolute atomic E-state index is 0.168. The maximum Gasteiger partial charge on any atom is 0.255 e. The summed E-state index contributed by atoms with van der Waals surface area (Å²) in [6.07, 6.45) is 0. The second-order valence-corrected chi connectivity index (χ2v) is 7.14. The molecule has 27 heavy (non-hydrogen) atoms. The van der Waals surface area contributed by atoms with E-state index in [1.54, 1.807) is 25.3 Å². The predicted molar refractivity (Wildman–Crippen MR) is 113 cm³/mol. The highest BCUT2D eigenvalue weighted by Gasteiger charge is 2.11. The van der Waals surface area contributed by atoms with Gasteiger partial charge in [-0.05, 0) is 77.2 Å². The van der Waals surface area contributed by atoms with Gasteiger partial charge in [-0.1, -0.05) is 6.07 Å². The summed E-state index contributed by atoms with van der Waals surface area (Å²) in [6, 6.07) is 20.3. The fraction of sp³-hybridized carbons (Fsp3) is 0.0476. The number of benzene rings is 3. The number of hydrogen-bond acceptors (Lipinski definition) is 4. The molecule has 4 rings (SSSR count). The number of nitrogens with zero attached hydrogens (tertiary/aromatic N) is 1. The number of fused-ring (bicyclic) bond motifs is 1. The molecule has 0 saturated heterocycles. The number of hydrogen-bond donors (Lipinski definition) is 1. The average Bonchev–Trinajstić information content (AvgIpc) is 3.12. The highest BCUT2D eigenvalue weighted by molar-refractivity contribution is 14.1. The van der Waals surface area contributed by atoms with Crippen LogP contribution in [0.5, 0.6) is 5.75 Å². The number of aromatic nitrogens is 1. The summed E-state index contributed by atoms with van der Waals surface area (Å²) in [4.78, 5) is 16.9. The van der Waals surface area contributed by atoms with Crippen molar-refractivity contribution in [2.45, 2.75) is 0 Å². The van der Waals surface area contributed by atoms with E-state index in [4.69, 9.17) is 9.15 Å². The first-order chi connectivity index (χ1) is 13.1. The number of ether oxygens (including phenoxy) is 1. The van der Waals surface area contributed by atoms with E-state index < -0.39 is 0 Å². The largest absolute Gasteiger partial charge is 0.497 e. The third-order valence-electron chi connectivity index (χ3n) is 4.07. The molecule has 0 aliphatic heterocycles. The molecule has 0 radical (unpaired) electrons. The van der Waals surface area contributed by atoms with Crippen molar-refractivity contribution < 1.29 is 13.9 Å². The van der Waals surface area contributed by atoms with Crippen LogP contribution < -0.4 is 10.1 Å². The molecule has 134 valence electrons. The summed E-state index contributed by atoms with van der Waals surface area (Å²) in [6.45, 7) is 0. The van der Waals surface area contributed by atoms with Crippen LogP contribution in [0.1, 0.15) is 10.4 Å². The first-order valence-electron chi connectivity index (χ1n) is 8.24. The van der Waals surface area contributed by atoms with Crippen LogP contribution in [0.3, 0.4) is 0 Å². The number of methoxy groups -OCH3 is 1. The minimum Gasteiger partial charge on any atom is -0.497 e. The van der Waals surface area contributed by atoms with Crippen LogP contribution in [0.2, 0.25) is 0 Å². The minimum atomic E-state index is -0.168. The lowest BCUT2D eigenvalue weighted by atomic mass is 10.2. The molecule has 6 heteroatoms. The Labute approximate surface area is 169 Å². The maximum atomic E-state index is 12.4. The Morgan fingerprint density at radius 3 is 2.67 bits per heavy atom. The summed E-state index contributed by atoms with van der Waals surface area (Å²) in [5.74, 6) is 1.07. The SMILES string of the molecule is COc1cccc(-c2nc3ccc(NC(=O)c4ccc(I)cc4)cc3o2)c1. The molecule has 1 heterocycles. The zero-order valence-corrected chi connectivity index (χ0v) is 16.6. The van der Waals surface area contributed by atoms with E-state index in [0.29, 0.717) is 22.7 Å². The van der Waals surface area contributed by atoms with E-state index in [0.717, 1.165) is 20.4 Å². The second kappa shape index (κ2) is 7.40. The van der Waals surface area contributed by atoms with Crippen LogP contribution in [-0.2, 0) is 0 Å². The quantitative estimate of drug-likeness (QED) is 0.408. The Hall–Kier alpha value is -2.87. The van der Waals surface area contributed by atoms with Crippen molar-refractivity contribution in [1.29, 1.82) is 0 Å². The molecule has 0 aliphatic carbocycles. The predicted octanol–water partition coefficient (Wildman–Crippen LogP) is 5.36. The molecule has 1 amide bonds. The third kappa shape index (κ3) is 3.80. The molecule has 5 nitrogen and oxygen atoms in total. The first-order valence-corrected chi connectivity index (χ1v) is 9.32. The Bertz CT molecular complexity index is 1120. The summed E-state index contributed by atoms with van der Waals surface area (Å²) in [7, 11) is 1.62. The first kappa shape index (κ1) is 17.5. The van der Waals surface area contributed by atoms with Crippen LogP contribution in [-0.4, -0.2) is 18.0 Å². The van der Waals surface area contributed by atoms with Gasteiger partial charge in [0.1, 0.15) is 11.3 Å². The van der Waals surface area contributed by atoms with Gasteiger partial charge in [-0.15, -0.1) is 0 Å². The van der Waals surface area contributed by atoms with Crippen LogP contribution >= 0.6 is 22.6 Å². The fourth-order valence-electron chi connectivity index (χ4n) is 2.69. The number of halogens is 1. The van der Waals surface area contributed by atoms with Crippen molar-refractivity contribution in [3.05, 3.63) is 75.9 Å². The number of nitrogens with one attached hydrogen (secondary N) is 1. The van der Waals surface area contributed by atoms with Crippen molar-refractivity contribution in [2.24, 2.45) is 0 Å². The zero-order valence-electron chi connectivity index (χ0n) is 14.4. The number of anilines is 1. The molecular weight excluding hydrogens is 455 g/mol. The van der Waals surface area contributed by atoms with Crippen molar-refractivity contribution in [2.75, 3.05) is 12.4 Å². The van der Waals surface area contributed by atoms with E-state index in [9.17, 15) is 4.79 Å². The van der Waals surface area contributed by atoms with E-state index in [-0.39, 0.29) is 5.91 Å². The maximum absolute atomic E-state index is 12.4. The summed E-state index contributed by atoms with van der Waals surface area (Å²) >= 11 is 2.21. The highest BCUT2D eigenvalue weighted by atomic mass is 127. The lowest BCUT2D eigenvalue weighted by Gasteiger charge is -2.05. The third-order valence-corrected chi connectivity index (χ3v) is 4.79. The lowest BCUT2D eigenvalue weighted by Crippen LogP contribution is -2.11. The molecule has 0 spiro atoms. The van der Waals surface area contributed by atoms with Crippen LogP contribution in [0.4, 0.5) is 5.69 Å². The van der Waals surface area contributed by atoms with Crippen molar-refractivity contribution >= 4 is 45.3 Å². The molecule has 0 aliphatic rings. The van der Waals surface area contributed by atoms with Gasteiger partial charge in [0.2, 0.25) is 5.89 Å². The van der Waals surface area contributed by atoms with Gasteiger partial charge in [0.15, 0.2) is 5.58 Å². The van der Waals surface area contributed by atoms with Crippen molar-refractivity contribution in [1.82, 2.24) is 4.98 Å². The normalized spacial score (nSPS) is 10.7. The fourth-order valence-corrected chi connectivity index (χ4v) is 3.05. The van der Waals surface area contributed by atoms with Crippen molar-refractivity contribution in [3.63, 3.8) is 0 Å². The molecule has 0 bridgehead atoms. The van der Waals surface area contributed by atoms with Crippen LogP contribution in [0.25, 0.3) is 22.6 Å². The number of amides is 1. The topological polar surface area (TPSA) is 64.4 Å². The van der Waals surface area contributed by atoms with Gasteiger partial charge >= 0.3 is 0 Å². The monoisotopic (exact) mass is 470 g/mol. The van der Waals surface area contributed by atoms with E-state index >= 15 is 0 Å². The second-order valence-electron chi connectivity index (χ2n) is 5.89. The van der Waals surface area contributed by atoms with Gasteiger partial charge in [-0.25, -0.2) is 4.98 Å². The van der Waals surface area contributed by atoms with E-state index in [1.807, 2.05) is 48.5 Å². The number of carbonyl (C=O) groups excluding carboxylic acids is 1. The van der Waals surface area contributed by atoms with Gasteiger partial charge < -0.3 is 14.5 Å². The summed E-state index contributed by atoms with van der Waals surface area (Å²) < 4.78 is 12.2. The molecule has 0 unspecified atom stereocenters. The molecule has 4 aromatic rings. The van der Waals surface area contributed by atoms with Gasteiger partial charge in [0, 0.05) is 26.5 Å². The Balaban J connectivity index is 1.60. The number of carbonyl (C=O) groups is 1. The summed E-state index contributed by atoms with van der Waals surface area (Å²) in [5, 5.41) is 2.89. The molecule has 3 aromatic carbocycles. The van der Waals surface area contributed by atoms with Gasteiger partial charge in [0.25, 0.3) is 5.91 Å². The molecule has 0 fully saturated rings. The summed E-state index contributed by atoms with van der Waals surface area (Å²) in [5.41, 5.74) is 3.41. The van der Waals surface area contributed by atoms with Crippen LogP contribution in [0.15, 0.2) is 71.1 Å². The van der Waals surface area contributed by atoms with Crippen LogP contribution in [0, 0.1) is 3.57 Å². The Morgan fingerprint density at radius 1 is 1.07 bits per heavy atom. The molecule has 0 saturated carbocycles. The molecular formula is C21H15IN2O3. The van der Waals surface area contributed by atoms with Gasteiger partial charge in [-0.3, -0.25) is 4.79 Å². The zero-order chi connectivity index (χ0) is 18.8. The van der Waals surface area contributed by atoms with Gasteiger partial charge in [-0.2, -0.15) is 0 Å². The highest BCUT2D eigenvalue weighted by Crippen LogP contribution is 2.28. The molecule has 0 atom stereocenters. The lowest BCUT2D eigenvalue weighted by molar-refractivity contribution is 0.102. The standard InChI is InChI=1S/C21H15IN2O3/c1-26-17-4-2-3-14(11-17)21-24-18-10-9-16(12-19(18)27-21)23-20(25)13-5-7-15(22)8-6-13/h2-12H,1H3,(H,23,25). The van der Waals surface area contributed by atoms with Crippen molar-refractivity contribution in [3.8, 4) is 17.2 Å².